The van der Waals surface area contributed by atoms with E-state index in [2.05, 4.69) is 0 Å². The summed E-state index contributed by atoms with van der Waals surface area (Å²) in [6, 6.07) is 1.49. The van der Waals surface area contributed by atoms with Crippen LogP contribution in [0, 0.1) is 0 Å². The maximum Gasteiger partial charge on any atom is 0.238 e. The summed E-state index contributed by atoms with van der Waals surface area (Å²) in [5.41, 5.74) is 5.28. The quantitative estimate of drug-likeness (QED) is 0.683. The van der Waals surface area contributed by atoms with Gasteiger partial charge in [-0.15, -0.1) is 11.3 Å². The zero-order chi connectivity index (χ0) is 8.48. The monoisotopic (exact) mass is 192 g/mol. The number of hydrogen-bond donors (Lipinski definition) is 2. The van der Waals surface area contributed by atoms with Crippen molar-refractivity contribution in [2.24, 2.45) is 10.9 Å². The van der Waals surface area contributed by atoms with Gasteiger partial charge in [-0.25, -0.2) is 13.6 Å². The van der Waals surface area contributed by atoms with E-state index in [-0.39, 0.29) is 4.90 Å². The summed E-state index contributed by atoms with van der Waals surface area (Å²) < 4.78 is 21.4. The third-order valence-electron chi connectivity index (χ3n) is 1.16. The van der Waals surface area contributed by atoms with E-state index in [0.717, 1.165) is 4.88 Å². The van der Waals surface area contributed by atoms with Crippen LogP contribution in [0.2, 0.25) is 0 Å². The SMILES string of the molecule is NCc1cc(S(N)(=O)=O)cs1. The molecule has 0 aromatic carbocycles. The summed E-state index contributed by atoms with van der Waals surface area (Å²) in [4.78, 5) is 0.956. The van der Waals surface area contributed by atoms with Crippen molar-refractivity contribution in [1.82, 2.24) is 0 Å². The van der Waals surface area contributed by atoms with Crippen LogP contribution < -0.4 is 10.9 Å². The average Bonchev–Trinajstić information content (AvgIpc) is 2.32. The fourth-order valence-electron chi connectivity index (χ4n) is 0.617. The Bertz CT molecular complexity index is 341. The molecule has 0 aliphatic carbocycles. The summed E-state index contributed by atoms with van der Waals surface area (Å²) in [7, 11) is -3.54. The maximum atomic E-state index is 10.7. The molecule has 0 bridgehead atoms. The van der Waals surface area contributed by atoms with Gasteiger partial charge in [0.1, 0.15) is 0 Å². The van der Waals surface area contributed by atoms with Gasteiger partial charge in [-0.2, -0.15) is 0 Å². The molecule has 0 radical (unpaired) electrons. The van der Waals surface area contributed by atoms with Crippen LogP contribution in [0.15, 0.2) is 16.3 Å². The molecule has 0 saturated heterocycles. The van der Waals surface area contributed by atoms with Gasteiger partial charge in [0.15, 0.2) is 0 Å². The third kappa shape index (κ3) is 2.00. The Morgan fingerprint density at radius 3 is 2.45 bits per heavy atom. The minimum Gasteiger partial charge on any atom is -0.326 e. The van der Waals surface area contributed by atoms with Gasteiger partial charge in [-0.1, -0.05) is 0 Å². The lowest BCUT2D eigenvalue weighted by Crippen LogP contribution is -2.10. The zero-order valence-electron chi connectivity index (χ0n) is 5.65. The second-order valence-electron chi connectivity index (χ2n) is 2.00. The topological polar surface area (TPSA) is 86.2 Å². The first-order chi connectivity index (χ1) is 5.04. The molecule has 62 valence electrons. The Hall–Kier alpha value is -0.430. The molecule has 11 heavy (non-hydrogen) atoms. The highest BCUT2D eigenvalue weighted by Gasteiger charge is 2.09. The van der Waals surface area contributed by atoms with E-state index in [0.29, 0.717) is 6.54 Å². The Kier molecular flexibility index (Phi) is 2.28. The van der Waals surface area contributed by atoms with Gasteiger partial charge in [0.05, 0.1) is 4.90 Å². The number of primary sulfonamides is 1. The molecule has 4 nitrogen and oxygen atoms in total. The highest BCUT2D eigenvalue weighted by molar-refractivity contribution is 7.89. The lowest BCUT2D eigenvalue weighted by Gasteiger charge is -1.88. The maximum absolute atomic E-state index is 10.7. The van der Waals surface area contributed by atoms with Crippen LogP contribution in [0.5, 0.6) is 0 Å². The Labute approximate surface area is 68.9 Å². The molecule has 0 amide bonds. The minimum absolute atomic E-state index is 0.142. The summed E-state index contributed by atoms with van der Waals surface area (Å²) in [6.07, 6.45) is 0. The fourth-order valence-corrected chi connectivity index (χ4v) is 2.31. The highest BCUT2D eigenvalue weighted by atomic mass is 32.2. The number of hydrogen-bond acceptors (Lipinski definition) is 4. The molecular formula is C5H8N2O2S2. The van der Waals surface area contributed by atoms with Crippen LogP contribution in [0.4, 0.5) is 0 Å². The lowest BCUT2D eigenvalue weighted by molar-refractivity contribution is 0.598. The predicted molar refractivity (Wildman–Crippen MR) is 43.6 cm³/mol. The summed E-state index contributed by atoms with van der Waals surface area (Å²) in [5, 5.41) is 6.35. The molecule has 0 saturated carbocycles. The highest BCUT2D eigenvalue weighted by Crippen LogP contribution is 2.16. The van der Waals surface area contributed by atoms with E-state index >= 15 is 0 Å². The Balaban J connectivity index is 3.09. The van der Waals surface area contributed by atoms with E-state index in [1.807, 2.05) is 0 Å². The third-order valence-corrected chi connectivity index (χ3v) is 3.16. The van der Waals surface area contributed by atoms with Crippen molar-refractivity contribution in [1.29, 1.82) is 0 Å². The second-order valence-corrected chi connectivity index (χ2v) is 4.56. The van der Waals surface area contributed by atoms with Crippen LogP contribution in [-0.4, -0.2) is 8.42 Å². The number of nitrogens with two attached hydrogens (primary N) is 2. The van der Waals surface area contributed by atoms with Crippen LogP contribution in [0.3, 0.4) is 0 Å². The molecule has 1 aromatic rings. The van der Waals surface area contributed by atoms with E-state index in [4.69, 9.17) is 10.9 Å². The van der Waals surface area contributed by atoms with Crippen molar-refractivity contribution in [3.63, 3.8) is 0 Å². The lowest BCUT2D eigenvalue weighted by atomic mass is 10.5. The zero-order valence-corrected chi connectivity index (χ0v) is 7.28. The molecule has 0 aliphatic heterocycles. The van der Waals surface area contributed by atoms with Crippen molar-refractivity contribution in [3.8, 4) is 0 Å². The van der Waals surface area contributed by atoms with Crippen molar-refractivity contribution in [2.75, 3.05) is 0 Å². The van der Waals surface area contributed by atoms with Crippen molar-refractivity contribution < 1.29 is 8.42 Å². The molecule has 6 heteroatoms. The number of thiophene rings is 1. The molecule has 0 aliphatic rings. The summed E-state index contributed by atoms with van der Waals surface area (Å²) in [5.74, 6) is 0. The second kappa shape index (κ2) is 2.90. The van der Waals surface area contributed by atoms with E-state index in [1.54, 1.807) is 0 Å². The standard InChI is InChI=1S/C5H8N2O2S2/c6-2-4-1-5(3-10-4)11(7,8)9/h1,3H,2,6H2,(H2,7,8,9). The number of rotatable bonds is 2. The molecular weight excluding hydrogens is 184 g/mol. The molecule has 4 N–H and O–H groups in total. The van der Waals surface area contributed by atoms with Gasteiger partial charge in [-0.3, -0.25) is 0 Å². The van der Waals surface area contributed by atoms with Gasteiger partial charge >= 0.3 is 0 Å². The van der Waals surface area contributed by atoms with Gasteiger partial charge in [-0.05, 0) is 6.07 Å². The van der Waals surface area contributed by atoms with Crippen LogP contribution >= 0.6 is 11.3 Å². The van der Waals surface area contributed by atoms with E-state index < -0.39 is 10.0 Å². The molecule has 0 fully saturated rings. The molecule has 1 heterocycles. The van der Waals surface area contributed by atoms with Crippen molar-refractivity contribution >= 4 is 21.4 Å². The predicted octanol–water partition coefficient (Wildman–Crippen LogP) is -0.146. The van der Waals surface area contributed by atoms with Crippen LogP contribution in [0.25, 0.3) is 0 Å². The van der Waals surface area contributed by atoms with Crippen molar-refractivity contribution in [3.05, 3.63) is 16.3 Å². The Morgan fingerprint density at radius 2 is 2.18 bits per heavy atom. The first-order valence-corrected chi connectivity index (χ1v) is 5.27. The Morgan fingerprint density at radius 1 is 1.55 bits per heavy atom. The van der Waals surface area contributed by atoms with Gasteiger partial charge in [0.25, 0.3) is 0 Å². The van der Waals surface area contributed by atoms with Crippen molar-refractivity contribution in [2.45, 2.75) is 11.4 Å². The van der Waals surface area contributed by atoms with Crippen LogP contribution in [-0.2, 0) is 16.6 Å². The summed E-state index contributed by atoms with van der Waals surface area (Å²) >= 11 is 1.29. The van der Waals surface area contributed by atoms with E-state index in [9.17, 15) is 8.42 Å². The fraction of sp³-hybridized carbons (Fsp3) is 0.200. The van der Waals surface area contributed by atoms with Gasteiger partial charge in [0.2, 0.25) is 10.0 Å². The van der Waals surface area contributed by atoms with Gasteiger partial charge in [0, 0.05) is 16.8 Å². The normalized spacial score (nSPS) is 11.8. The molecule has 1 rings (SSSR count). The number of sulfonamides is 1. The first-order valence-electron chi connectivity index (χ1n) is 2.84. The van der Waals surface area contributed by atoms with E-state index in [1.165, 1.54) is 22.8 Å². The molecule has 1 aromatic heterocycles. The molecule has 0 atom stereocenters. The average molecular weight is 192 g/mol. The smallest absolute Gasteiger partial charge is 0.238 e. The summed E-state index contributed by atoms with van der Waals surface area (Å²) in [6.45, 7) is 0.347. The first kappa shape index (κ1) is 8.66. The van der Waals surface area contributed by atoms with Crippen LogP contribution in [0.1, 0.15) is 4.88 Å². The molecule has 0 unspecified atom stereocenters. The largest absolute Gasteiger partial charge is 0.326 e. The molecule has 0 spiro atoms. The minimum atomic E-state index is -3.54. The van der Waals surface area contributed by atoms with Gasteiger partial charge < -0.3 is 5.73 Å².